The number of piperazine rings is 1. The zero-order valence-corrected chi connectivity index (χ0v) is 33.4. The number of nitrogens with zero attached hydrogens (tertiary/aromatic N) is 3. The van der Waals surface area contributed by atoms with Crippen LogP contribution in [0.15, 0.2) is 48.6 Å². The maximum atomic E-state index is 13.9. The highest BCUT2D eigenvalue weighted by atomic mass is 35.5. The predicted octanol–water partition coefficient (Wildman–Crippen LogP) is 6.33. The average molecular weight is 767 g/mol. The summed E-state index contributed by atoms with van der Waals surface area (Å²) in [6, 6.07) is 12.6. The van der Waals surface area contributed by atoms with Crippen LogP contribution >= 0.6 is 11.6 Å². The normalized spacial score (nSPS) is 31.0. The molecule has 9 nitrogen and oxygen atoms in total. The summed E-state index contributed by atoms with van der Waals surface area (Å²) in [5.41, 5.74) is 4.02. The number of nitrogens with one attached hydrogen (secondary N) is 1. The Morgan fingerprint density at radius 1 is 1.04 bits per heavy atom. The van der Waals surface area contributed by atoms with Gasteiger partial charge >= 0.3 is 0 Å². The van der Waals surface area contributed by atoms with Crippen molar-refractivity contribution < 1.29 is 23.2 Å². The van der Waals surface area contributed by atoms with Gasteiger partial charge in [-0.25, -0.2) is 4.21 Å². The van der Waals surface area contributed by atoms with Crippen molar-refractivity contribution in [2.24, 2.45) is 23.7 Å². The number of allylic oxidation sites excluding steroid dienone is 1. The standard InChI is InChI=1S/C42H59ClN4O5S/c1-4-6-30-21-35(43)11-13-37(30)34-25-47-24-33-9-12-38(33)32(23-45-16-18-46(19-17-45)36-27-51-28-36)8-5-7-29(2)41(15-20-50-3)53(49)44-42(48)31-10-14-40(52-26-34)39(47)22-31/h5,8,10-11,13-14,21-22,29,32-34,36,38,41H,4,6-7,9,12,15-20,23-28H2,1-3H3,(H,44,48)/b8-5+. The number of carbonyl (C=O) groups is 1. The van der Waals surface area contributed by atoms with Crippen LogP contribution in [-0.2, 0) is 26.9 Å². The average Bonchev–Trinajstić information content (AvgIpc) is 3.29. The van der Waals surface area contributed by atoms with Gasteiger partial charge in [-0.05, 0) is 97.2 Å². The highest BCUT2D eigenvalue weighted by Gasteiger charge is 2.40. The third kappa shape index (κ3) is 9.16. The summed E-state index contributed by atoms with van der Waals surface area (Å²) < 4.78 is 34.3. The Hall–Kier alpha value is -2.47. The van der Waals surface area contributed by atoms with Crippen molar-refractivity contribution in [1.82, 2.24) is 14.5 Å². The Balaban J connectivity index is 1.20. The SMILES string of the molecule is CCCc1cc(Cl)ccc1C1COc2ccc3cc2N(C1)CC1CCC1C(CN1CCN(C2COC2)CC1)/C=C/CC(C)C(CCOC)S(=O)NC3=O. The minimum atomic E-state index is -1.57. The number of halogens is 1. The fraction of sp³-hybridized carbons (Fsp3) is 0.643. The van der Waals surface area contributed by atoms with E-state index in [4.69, 9.17) is 25.8 Å². The van der Waals surface area contributed by atoms with Gasteiger partial charge in [0.15, 0.2) is 0 Å². The minimum absolute atomic E-state index is 0.111. The van der Waals surface area contributed by atoms with Crippen molar-refractivity contribution >= 4 is 34.2 Å². The third-order valence-corrected chi connectivity index (χ3v) is 14.5. The van der Waals surface area contributed by atoms with Crippen LogP contribution in [0.5, 0.6) is 5.75 Å². The van der Waals surface area contributed by atoms with Crippen molar-refractivity contribution in [3.8, 4) is 5.75 Å². The molecule has 2 bridgehead atoms. The first-order valence-corrected chi connectivity index (χ1v) is 21.6. The first-order valence-electron chi connectivity index (χ1n) is 20.0. The largest absolute Gasteiger partial charge is 0.491 e. The molecular weight excluding hydrogens is 708 g/mol. The van der Waals surface area contributed by atoms with Crippen LogP contribution in [0.4, 0.5) is 5.69 Å². The van der Waals surface area contributed by atoms with E-state index in [2.05, 4.69) is 57.6 Å². The van der Waals surface area contributed by atoms with Gasteiger partial charge in [-0.3, -0.25) is 14.4 Å². The van der Waals surface area contributed by atoms with Gasteiger partial charge in [-0.2, -0.15) is 0 Å². The van der Waals surface area contributed by atoms with E-state index < -0.39 is 11.0 Å². The molecule has 7 rings (SSSR count). The molecule has 7 unspecified atom stereocenters. The molecule has 1 amide bonds. The fourth-order valence-corrected chi connectivity index (χ4v) is 10.7. The number of carbonyl (C=O) groups excluding carboxylic acids is 1. The lowest BCUT2D eigenvalue weighted by atomic mass is 9.66. The second-order valence-corrected chi connectivity index (χ2v) is 17.9. The van der Waals surface area contributed by atoms with Crippen molar-refractivity contribution in [2.75, 3.05) is 84.3 Å². The molecule has 1 N–H and O–H groups in total. The van der Waals surface area contributed by atoms with E-state index in [1.165, 1.54) is 24.0 Å². The van der Waals surface area contributed by atoms with Gasteiger partial charge in [0.25, 0.3) is 5.91 Å². The lowest BCUT2D eigenvalue weighted by Crippen LogP contribution is -2.57. The number of ether oxygens (including phenoxy) is 3. The van der Waals surface area contributed by atoms with Gasteiger partial charge < -0.3 is 24.0 Å². The maximum absolute atomic E-state index is 13.9. The van der Waals surface area contributed by atoms with Crippen molar-refractivity contribution in [3.05, 3.63) is 70.3 Å². The van der Waals surface area contributed by atoms with E-state index >= 15 is 0 Å². The van der Waals surface area contributed by atoms with Gasteiger partial charge in [0, 0.05) is 76.0 Å². The fourth-order valence-electron chi connectivity index (χ4n) is 9.19. The van der Waals surface area contributed by atoms with Crippen molar-refractivity contribution in [3.63, 3.8) is 0 Å². The summed E-state index contributed by atoms with van der Waals surface area (Å²) in [6.07, 6.45) is 10.7. The van der Waals surface area contributed by atoms with Crippen LogP contribution in [0.3, 0.4) is 0 Å². The Morgan fingerprint density at radius 3 is 2.58 bits per heavy atom. The number of amides is 1. The molecule has 5 aliphatic rings. The zero-order chi connectivity index (χ0) is 36.9. The van der Waals surface area contributed by atoms with Crippen LogP contribution < -0.4 is 14.4 Å². The number of anilines is 1. The maximum Gasteiger partial charge on any atom is 0.263 e. The Bertz CT molecular complexity index is 1610. The number of aryl methyl sites for hydroxylation is 1. The van der Waals surface area contributed by atoms with Gasteiger partial charge in [-0.1, -0.05) is 50.1 Å². The molecule has 3 fully saturated rings. The molecule has 290 valence electrons. The molecular formula is C42H59ClN4O5S. The van der Waals surface area contributed by atoms with Gasteiger partial charge in [0.05, 0.1) is 36.8 Å². The number of methoxy groups -OCH3 is 1. The second-order valence-electron chi connectivity index (χ2n) is 16.1. The minimum Gasteiger partial charge on any atom is -0.491 e. The van der Waals surface area contributed by atoms with E-state index in [1.807, 2.05) is 24.3 Å². The monoisotopic (exact) mass is 766 g/mol. The van der Waals surface area contributed by atoms with E-state index in [0.29, 0.717) is 49.0 Å². The zero-order valence-electron chi connectivity index (χ0n) is 31.9. The van der Waals surface area contributed by atoms with Crippen LogP contribution in [0, 0.1) is 23.7 Å². The van der Waals surface area contributed by atoms with Crippen molar-refractivity contribution in [1.29, 1.82) is 0 Å². The summed E-state index contributed by atoms with van der Waals surface area (Å²) in [7, 11) is 0.0984. The highest BCUT2D eigenvalue weighted by molar-refractivity contribution is 7.84. The molecule has 2 aromatic carbocycles. The predicted molar refractivity (Wildman–Crippen MR) is 213 cm³/mol. The quantitative estimate of drug-likeness (QED) is 0.297. The first-order chi connectivity index (χ1) is 25.8. The van der Waals surface area contributed by atoms with E-state index in [-0.39, 0.29) is 23.0 Å². The van der Waals surface area contributed by atoms with Gasteiger partial charge in [-0.15, -0.1) is 0 Å². The molecule has 4 heterocycles. The molecule has 2 saturated heterocycles. The number of hydrogen-bond donors (Lipinski definition) is 1. The molecule has 0 radical (unpaired) electrons. The first kappa shape index (κ1) is 38.8. The number of hydrogen-bond acceptors (Lipinski definition) is 8. The summed E-state index contributed by atoms with van der Waals surface area (Å²) >= 11 is 6.51. The highest BCUT2D eigenvalue weighted by Crippen LogP contribution is 2.45. The number of fused-ring (bicyclic) bond motifs is 2. The van der Waals surface area contributed by atoms with E-state index in [0.717, 1.165) is 94.7 Å². The molecule has 53 heavy (non-hydrogen) atoms. The lowest BCUT2D eigenvalue weighted by molar-refractivity contribution is -0.0782. The molecule has 7 atom stereocenters. The topological polar surface area (TPSA) is 83.6 Å². The molecule has 2 aromatic rings. The van der Waals surface area contributed by atoms with Gasteiger partial charge in [0.1, 0.15) is 16.7 Å². The number of benzene rings is 2. The van der Waals surface area contributed by atoms with E-state index in [9.17, 15) is 9.00 Å². The molecule has 0 aromatic heterocycles. The van der Waals surface area contributed by atoms with Crippen LogP contribution in [0.2, 0.25) is 5.02 Å². The summed E-state index contributed by atoms with van der Waals surface area (Å²) in [6.45, 7) is 14.3. The van der Waals surface area contributed by atoms with Crippen LogP contribution in [0.1, 0.15) is 73.4 Å². The Labute approximate surface area is 324 Å². The molecule has 1 saturated carbocycles. The Kier molecular flexibility index (Phi) is 13.2. The summed E-state index contributed by atoms with van der Waals surface area (Å²) in [5, 5.41) is 0.537. The molecule has 4 aliphatic heterocycles. The van der Waals surface area contributed by atoms with Crippen molar-refractivity contribution in [2.45, 2.75) is 69.6 Å². The molecule has 0 spiro atoms. The third-order valence-electron chi connectivity index (χ3n) is 12.6. The smallest absolute Gasteiger partial charge is 0.263 e. The Morgan fingerprint density at radius 2 is 1.87 bits per heavy atom. The van der Waals surface area contributed by atoms with E-state index in [1.54, 1.807) is 7.11 Å². The molecule has 1 aliphatic carbocycles. The number of rotatable bonds is 9. The lowest BCUT2D eigenvalue weighted by Gasteiger charge is -2.47. The summed E-state index contributed by atoms with van der Waals surface area (Å²) in [5.74, 6) is 2.26. The van der Waals surface area contributed by atoms with Crippen LogP contribution in [0.25, 0.3) is 0 Å². The summed E-state index contributed by atoms with van der Waals surface area (Å²) in [4.78, 5) is 21.5. The molecule has 11 heteroatoms. The second kappa shape index (κ2) is 18.0. The van der Waals surface area contributed by atoms with Gasteiger partial charge in [0.2, 0.25) is 0 Å². The van der Waals surface area contributed by atoms with Crippen LogP contribution in [-0.4, -0.2) is 111 Å².